The molecule has 0 spiro atoms. The van der Waals surface area contributed by atoms with Crippen LogP contribution in [0.15, 0.2) is 70.9 Å². The van der Waals surface area contributed by atoms with Gasteiger partial charge in [-0.2, -0.15) is 4.39 Å². The molecule has 3 N–H and O–H groups in total. The molecule has 11 nitrogen and oxygen atoms in total. The summed E-state index contributed by atoms with van der Waals surface area (Å²) in [5.41, 5.74) is 6.87. The minimum absolute atomic E-state index is 0.00589. The van der Waals surface area contributed by atoms with E-state index in [-0.39, 0.29) is 40.6 Å². The number of carbonyl (C=O) groups excluding carboxylic acids is 1. The quantitative estimate of drug-likeness (QED) is 0.0377. The van der Waals surface area contributed by atoms with Gasteiger partial charge in [0.15, 0.2) is 17.5 Å². The summed E-state index contributed by atoms with van der Waals surface area (Å²) in [4.78, 5) is 14.3. The summed E-state index contributed by atoms with van der Waals surface area (Å²) in [6.07, 6.45) is 9.14. The second kappa shape index (κ2) is 18.1. The molecule has 63 heavy (non-hydrogen) atoms. The minimum Gasteiger partial charge on any atom is -0.243 e. The molecule has 1 unspecified atom stereocenters. The Labute approximate surface area is 364 Å². The van der Waals surface area contributed by atoms with E-state index in [1.165, 1.54) is 28.7 Å². The topological polar surface area (TPSA) is 145 Å². The fraction of sp³-hybridized carbons (Fsp3) is 0.422. The van der Waals surface area contributed by atoms with Crippen molar-refractivity contribution in [1.82, 2.24) is 9.30 Å². The first-order valence-electron chi connectivity index (χ1n) is 21.2. The molecule has 0 fully saturated rings. The number of allylic oxidation sites excluding steroid dienone is 4. The zero-order valence-electron chi connectivity index (χ0n) is 34.5. The summed E-state index contributed by atoms with van der Waals surface area (Å²) in [5, 5.41) is 2.07. The average Bonchev–Trinajstić information content (AvgIpc) is 3.43. The molecule has 0 amide bonds. The van der Waals surface area contributed by atoms with Crippen molar-refractivity contribution in [2.75, 3.05) is 44.3 Å². The zero-order valence-corrected chi connectivity index (χ0v) is 37.2. The predicted molar refractivity (Wildman–Crippen MR) is 225 cm³/mol. The number of hydrogen-bond donors (Lipinski definition) is 3. The molecule has 5 aliphatic rings. The summed E-state index contributed by atoms with van der Waals surface area (Å²) >= 11 is -5.89. The third-order valence-electron chi connectivity index (χ3n) is 12.4. The molecule has 3 aromatic carbocycles. The number of anilines is 1. The van der Waals surface area contributed by atoms with Crippen LogP contribution in [0.25, 0.3) is 6.08 Å². The van der Waals surface area contributed by atoms with Gasteiger partial charge in [0.2, 0.25) is 11.6 Å². The summed E-state index contributed by atoms with van der Waals surface area (Å²) in [6, 6.07) is 8.13. The molecule has 5 heterocycles. The van der Waals surface area contributed by atoms with Crippen molar-refractivity contribution in [1.29, 1.82) is 0 Å². The SMILES string of the molecule is C=C(F)/C(F)=C(F)\C(OC(=O)CCCCCNS(=O)(=O)c1ccc(C2C=c3cc4c5c(c3Oc3c2cc2c6c3CCCN6CCC2)CCC[N+]=5CCC4)c([As](=O)(O)O)c1)=C(\F)CF. The van der Waals surface area contributed by atoms with Gasteiger partial charge in [-0.1, -0.05) is 6.58 Å². The van der Waals surface area contributed by atoms with Gasteiger partial charge in [0, 0.05) is 0 Å². The van der Waals surface area contributed by atoms with E-state index in [2.05, 4.69) is 37.6 Å². The molecule has 0 saturated carbocycles. The first-order chi connectivity index (χ1) is 30.1. The fourth-order valence-electron chi connectivity index (χ4n) is 9.67. The number of rotatable bonds is 14. The fourth-order valence-corrected chi connectivity index (χ4v) is 12.8. The Bertz CT molecular complexity index is 2770. The maximum absolute atomic E-state index is 14.1. The normalized spacial score (nSPS) is 18.6. The van der Waals surface area contributed by atoms with Crippen LogP contribution in [-0.2, 0) is 49.0 Å². The van der Waals surface area contributed by atoms with Gasteiger partial charge in [0.25, 0.3) is 0 Å². The van der Waals surface area contributed by atoms with E-state index in [0.717, 1.165) is 117 Å². The molecular formula is C45H48AsF5N3O8S+. The number of hydrogen-bond acceptors (Lipinski definition) is 7. The number of sulfonamides is 1. The van der Waals surface area contributed by atoms with Crippen LogP contribution >= 0.6 is 0 Å². The van der Waals surface area contributed by atoms with E-state index in [4.69, 9.17) is 4.74 Å². The van der Waals surface area contributed by atoms with E-state index in [1.54, 1.807) is 0 Å². The second-order valence-corrected chi connectivity index (χ2v) is 21.6. The van der Waals surface area contributed by atoms with E-state index in [0.29, 0.717) is 5.75 Å². The first kappa shape index (κ1) is 45.0. The smallest absolute Gasteiger partial charge is 0.177 e. The number of halogens is 5. The van der Waals surface area contributed by atoms with Crippen LogP contribution in [0.4, 0.5) is 27.6 Å². The molecule has 18 heteroatoms. The van der Waals surface area contributed by atoms with E-state index < -0.39 is 78.2 Å². The minimum atomic E-state index is -5.89. The number of aryl methyl sites for hydroxylation is 2. The van der Waals surface area contributed by atoms with Gasteiger partial charge in [-0.3, -0.25) is 0 Å². The Kier molecular flexibility index (Phi) is 13.0. The number of nitrogens with one attached hydrogen (secondary N) is 1. The number of nitrogens with zero attached hydrogens (tertiary/aromatic N) is 2. The van der Waals surface area contributed by atoms with Crippen LogP contribution in [0.3, 0.4) is 0 Å². The monoisotopic (exact) mass is 960 g/mol. The Hall–Kier alpha value is -4.54. The van der Waals surface area contributed by atoms with Crippen LogP contribution < -0.4 is 33.9 Å². The molecule has 0 aliphatic carbocycles. The molecule has 0 saturated heterocycles. The van der Waals surface area contributed by atoms with Gasteiger partial charge in [-0.05, 0) is 0 Å². The summed E-state index contributed by atoms with van der Waals surface area (Å²) in [5.74, 6) is -10.7. The Morgan fingerprint density at radius 1 is 0.905 bits per heavy atom. The number of fused-ring (bicyclic) bond motifs is 4. The van der Waals surface area contributed by atoms with Crippen molar-refractivity contribution < 1.29 is 56.6 Å². The van der Waals surface area contributed by atoms with Crippen molar-refractivity contribution in [3.8, 4) is 11.5 Å². The molecular weight excluding hydrogens is 912 g/mol. The number of esters is 1. The van der Waals surface area contributed by atoms with Crippen molar-refractivity contribution in [3.63, 3.8) is 0 Å². The van der Waals surface area contributed by atoms with Gasteiger partial charge < -0.3 is 0 Å². The largest absolute Gasteiger partial charge is 0.243 e. The van der Waals surface area contributed by atoms with Crippen LogP contribution in [0.2, 0.25) is 0 Å². The average molecular weight is 961 g/mol. The van der Waals surface area contributed by atoms with Crippen molar-refractivity contribution >= 4 is 46.3 Å². The van der Waals surface area contributed by atoms with Crippen LogP contribution in [-0.4, -0.2) is 76.1 Å². The maximum atomic E-state index is 14.1. The molecule has 1 atom stereocenters. The van der Waals surface area contributed by atoms with Gasteiger partial charge in [0.1, 0.15) is 6.67 Å². The standard InChI is InChI=1S/C45H47AsF5N3O8S/c1-26(48)39(50)40(51)45(37(49)25-47)61-38(55)13-3-2-4-16-52-63(59,60)30-14-15-31(36(24-30)46(56,57)58)34-23-29-21-27-9-5-17-53-19-7-11-32(41(27)53)43(29)62-44-33-12-8-20-54-18-6-10-28(42(33)54)22-35(34)44/h14-15,21-24,34,52H,1-13,16-20,25H2,(H-,56,57,58)/p+1/b40-39-,45-37-. The Morgan fingerprint density at radius 2 is 1.62 bits per heavy atom. The van der Waals surface area contributed by atoms with Gasteiger partial charge in [0.05, 0.1) is 0 Å². The van der Waals surface area contributed by atoms with Crippen LogP contribution in [0.5, 0.6) is 11.5 Å². The van der Waals surface area contributed by atoms with E-state index in [1.807, 2.05) is 6.08 Å². The third kappa shape index (κ3) is 8.96. The number of benzene rings is 3. The number of unbranched alkanes of at least 4 members (excludes halogenated alkanes) is 2. The Morgan fingerprint density at radius 3 is 2.35 bits per heavy atom. The second-order valence-electron chi connectivity index (χ2n) is 16.5. The molecule has 5 aliphatic heterocycles. The number of ether oxygens (including phenoxy) is 2. The number of carbonyl (C=O) groups is 1. The summed E-state index contributed by atoms with van der Waals surface area (Å²) < 4.78 is 146. The first-order valence-corrected chi connectivity index (χ1v) is 26.1. The van der Waals surface area contributed by atoms with Crippen molar-refractivity contribution in [2.45, 2.75) is 87.9 Å². The van der Waals surface area contributed by atoms with Crippen LogP contribution in [0.1, 0.15) is 90.7 Å². The van der Waals surface area contributed by atoms with Gasteiger partial charge >= 0.3 is 301 Å². The Balaban J connectivity index is 1.07. The number of alkyl halides is 1. The molecule has 3 aromatic rings. The summed E-state index contributed by atoms with van der Waals surface area (Å²) in [6.45, 7) is 4.23. The van der Waals surface area contributed by atoms with Crippen molar-refractivity contribution in [3.05, 3.63) is 110 Å². The predicted octanol–water partition coefficient (Wildman–Crippen LogP) is 5.21. The molecule has 336 valence electrons. The third-order valence-corrected chi connectivity index (χ3v) is 16.0. The molecule has 0 aromatic heterocycles. The zero-order chi connectivity index (χ0) is 44.8. The van der Waals surface area contributed by atoms with Crippen molar-refractivity contribution in [2.24, 2.45) is 0 Å². The van der Waals surface area contributed by atoms with E-state index in [9.17, 15) is 47.1 Å². The van der Waals surface area contributed by atoms with Gasteiger partial charge in [-0.25, -0.2) is 17.6 Å². The maximum Gasteiger partial charge on any atom is 0.177 e. The van der Waals surface area contributed by atoms with Crippen LogP contribution in [0, 0.1) is 0 Å². The van der Waals surface area contributed by atoms with Gasteiger partial charge in [-0.15, -0.1) is 0 Å². The van der Waals surface area contributed by atoms with E-state index >= 15 is 0 Å². The molecule has 0 radical (unpaired) electrons. The molecule has 8 rings (SSSR count). The summed E-state index contributed by atoms with van der Waals surface area (Å²) in [7, 11) is -4.33. The molecule has 0 bridgehead atoms.